The van der Waals surface area contributed by atoms with Crippen molar-refractivity contribution < 1.29 is 18.7 Å². The van der Waals surface area contributed by atoms with Gasteiger partial charge in [-0.25, -0.2) is 14.2 Å². The molecule has 12 nitrogen and oxygen atoms in total. The molecular formula is C24H32FN9O3. The van der Waals surface area contributed by atoms with E-state index >= 15 is 0 Å². The first kappa shape index (κ1) is 26.1. The molecule has 198 valence electrons. The summed E-state index contributed by atoms with van der Waals surface area (Å²) in [6, 6.07) is 5.51. The zero-order valence-electron chi connectivity index (χ0n) is 21.4. The van der Waals surface area contributed by atoms with E-state index in [2.05, 4.69) is 35.9 Å². The van der Waals surface area contributed by atoms with E-state index in [0.29, 0.717) is 44.0 Å². The fourth-order valence-electron chi connectivity index (χ4n) is 3.58. The van der Waals surface area contributed by atoms with Gasteiger partial charge in [0.2, 0.25) is 17.8 Å². The monoisotopic (exact) mass is 513 g/mol. The van der Waals surface area contributed by atoms with Crippen LogP contribution in [-0.2, 0) is 16.5 Å². The van der Waals surface area contributed by atoms with Crippen molar-refractivity contribution in [1.82, 2.24) is 29.8 Å². The highest BCUT2D eigenvalue weighted by Crippen LogP contribution is 2.22. The normalized spacial score (nSPS) is 14.7. The molecule has 3 aromatic rings. The minimum absolute atomic E-state index is 0.141. The highest BCUT2D eigenvalue weighted by Gasteiger charge is 2.21. The maximum absolute atomic E-state index is 13.6. The predicted molar refractivity (Wildman–Crippen MR) is 136 cm³/mol. The van der Waals surface area contributed by atoms with E-state index in [1.165, 1.54) is 12.1 Å². The Bertz CT molecular complexity index is 1190. The lowest BCUT2D eigenvalue weighted by Crippen LogP contribution is -2.38. The average Bonchev–Trinajstić information content (AvgIpc) is 3.26. The van der Waals surface area contributed by atoms with E-state index < -0.39 is 17.7 Å². The van der Waals surface area contributed by atoms with Gasteiger partial charge >= 0.3 is 6.09 Å². The highest BCUT2D eigenvalue weighted by atomic mass is 19.1. The summed E-state index contributed by atoms with van der Waals surface area (Å²) in [6.07, 6.45) is 2.90. The summed E-state index contributed by atoms with van der Waals surface area (Å²) in [7, 11) is 1.86. The fourth-order valence-corrected chi connectivity index (χ4v) is 3.58. The van der Waals surface area contributed by atoms with Crippen LogP contribution in [0.25, 0.3) is 0 Å². The van der Waals surface area contributed by atoms with E-state index in [0.717, 1.165) is 5.56 Å². The van der Waals surface area contributed by atoms with Gasteiger partial charge in [0.1, 0.15) is 11.4 Å². The zero-order chi connectivity index (χ0) is 26.4. The van der Waals surface area contributed by atoms with Gasteiger partial charge in [0.05, 0.1) is 25.6 Å². The van der Waals surface area contributed by atoms with Crippen LogP contribution in [0.15, 0.2) is 36.8 Å². The molecule has 2 aromatic heterocycles. The van der Waals surface area contributed by atoms with Gasteiger partial charge in [-0.1, -0.05) is 12.1 Å². The van der Waals surface area contributed by atoms with Gasteiger partial charge in [0.25, 0.3) is 0 Å². The van der Waals surface area contributed by atoms with Crippen molar-refractivity contribution in [2.75, 3.05) is 48.4 Å². The smallest absolute Gasteiger partial charge is 0.407 e. The Labute approximate surface area is 214 Å². The molecule has 0 spiro atoms. The summed E-state index contributed by atoms with van der Waals surface area (Å²) in [5.41, 5.74) is 0.0842. The first-order chi connectivity index (χ1) is 17.6. The number of carbonyl (C=O) groups excluding carboxylic acids is 1. The number of imidazole rings is 1. The van der Waals surface area contributed by atoms with Crippen molar-refractivity contribution in [3.05, 3.63) is 48.2 Å². The zero-order valence-corrected chi connectivity index (χ0v) is 21.4. The van der Waals surface area contributed by atoms with Crippen LogP contribution >= 0.6 is 0 Å². The SMILES string of the molecule is Cn1cnc(Nc2nc(NC(CNC(=O)OC(C)(C)C)c3ccc(F)cc3)nc(N3CCOCC3)n2)c1. The number of aryl methyl sites for hydroxylation is 1. The van der Waals surface area contributed by atoms with Crippen LogP contribution in [0.2, 0.25) is 0 Å². The van der Waals surface area contributed by atoms with Crippen molar-refractivity contribution in [1.29, 1.82) is 0 Å². The maximum Gasteiger partial charge on any atom is 0.407 e. The Hall–Kier alpha value is -4.00. The van der Waals surface area contributed by atoms with E-state index in [9.17, 15) is 9.18 Å². The van der Waals surface area contributed by atoms with Crippen LogP contribution in [0.3, 0.4) is 0 Å². The largest absolute Gasteiger partial charge is 0.444 e. The summed E-state index contributed by atoms with van der Waals surface area (Å²) in [6.45, 7) is 7.90. The van der Waals surface area contributed by atoms with Gasteiger partial charge in [-0.15, -0.1) is 0 Å². The van der Waals surface area contributed by atoms with Crippen molar-refractivity contribution in [3.63, 3.8) is 0 Å². The number of anilines is 4. The molecule has 13 heteroatoms. The molecule has 0 bridgehead atoms. The minimum atomic E-state index is -0.643. The quantitative estimate of drug-likeness (QED) is 0.413. The average molecular weight is 514 g/mol. The number of nitrogens with zero attached hydrogens (tertiary/aromatic N) is 6. The summed E-state index contributed by atoms with van der Waals surface area (Å²) in [5.74, 6) is 1.26. The molecule has 1 fully saturated rings. The standard InChI is InChI=1S/C24H32FN9O3/c1-24(2,3)37-23(35)26-13-18(16-5-7-17(25)8-6-16)28-20-30-21(29-19-14-33(4)15-27-19)32-22(31-20)34-9-11-36-12-10-34/h5-8,14-15,18H,9-13H2,1-4H3,(H,26,35)(H2,28,29,30,31,32). The molecular weight excluding hydrogens is 481 g/mol. The molecule has 1 aliphatic rings. The minimum Gasteiger partial charge on any atom is -0.444 e. The third kappa shape index (κ3) is 7.74. The number of halogens is 1. The van der Waals surface area contributed by atoms with Crippen molar-refractivity contribution in [3.8, 4) is 0 Å². The Balaban J connectivity index is 1.60. The molecule has 1 saturated heterocycles. The molecule has 3 N–H and O–H groups in total. The number of morpholine rings is 1. The fraction of sp³-hybridized carbons (Fsp3) is 0.458. The number of nitrogens with one attached hydrogen (secondary N) is 3. The lowest BCUT2D eigenvalue weighted by molar-refractivity contribution is 0.0525. The van der Waals surface area contributed by atoms with Gasteiger partial charge in [0.15, 0.2) is 5.82 Å². The van der Waals surface area contributed by atoms with Crippen LogP contribution in [0.5, 0.6) is 0 Å². The lowest BCUT2D eigenvalue weighted by atomic mass is 10.1. The Kier molecular flexibility index (Phi) is 8.01. The van der Waals surface area contributed by atoms with Crippen molar-refractivity contribution in [2.24, 2.45) is 7.05 Å². The number of aromatic nitrogens is 5. The van der Waals surface area contributed by atoms with Crippen LogP contribution in [0.4, 0.5) is 32.8 Å². The number of hydrogen-bond acceptors (Lipinski definition) is 10. The lowest BCUT2D eigenvalue weighted by Gasteiger charge is -2.27. The first-order valence-corrected chi connectivity index (χ1v) is 12.0. The van der Waals surface area contributed by atoms with E-state index in [1.807, 2.05) is 11.9 Å². The van der Waals surface area contributed by atoms with Crippen LogP contribution < -0.4 is 20.9 Å². The second-order valence-corrected chi connectivity index (χ2v) is 9.56. The topological polar surface area (TPSA) is 131 Å². The number of carbonyl (C=O) groups is 1. The van der Waals surface area contributed by atoms with Crippen LogP contribution in [0, 0.1) is 5.82 Å². The van der Waals surface area contributed by atoms with Crippen molar-refractivity contribution in [2.45, 2.75) is 32.4 Å². The molecule has 1 aromatic carbocycles. The van der Waals surface area contributed by atoms with Crippen molar-refractivity contribution >= 4 is 29.8 Å². The summed E-state index contributed by atoms with van der Waals surface area (Å²) in [4.78, 5) is 32.3. The number of ether oxygens (including phenoxy) is 2. The maximum atomic E-state index is 13.6. The van der Waals surface area contributed by atoms with Gasteiger partial charge in [0, 0.05) is 32.9 Å². The third-order valence-corrected chi connectivity index (χ3v) is 5.29. The molecule has 1 atom stereocenters. The third-order valence-electron chi connectivity index (χ3n) is 5.29. The second kappa shape index (κ2) is 11.4. The number of hydrogen-bond donors (Lipinski definition) is 3. The van der Waals surface area contributed by atoms with Gasteiger partial charge in [-0.2, -0.15) is 15.0 Å². The molecule has 0 aliphatic carbocycles. The summed E-state index contributed by atoms with van der Waals surface area (Å²) < 4.78 is 26.3. The number of benzene rings is 1. The van der Waals surface area contributed by atoms with Gasteiger partial charge in [-0.3, -0.25) is 0 Å². The Morgan fingerprint density at radius 1 is 1.14 bits per heavy atom. The number of rotatable bonds is 8. The Morgan fingerprint density at radius 2 is 1.84 bits per heavy atom. The van der Waals surface area contributed by atoms with Gasteiger partial charge < -0.3 is 34.9 Å². The molecule has 0 radical (unpaired) electrons. The first-order valence-electron chi connectivity index (χ1n) is 12.0. The van der Waals surface area contributed by atoms with E-state index in [1.54, 1.807) is 50.0 Å². The molecule has 4 rings (SSSR count). The molecule has 37 heavy (non-hydrogen) atoms. The summed E-state index contributed by atoms with van der Waals surface area (Å²) >= 11 is 0. The molecule has 1 amide bonds. The highest BCUT2D eigenvalue weighted by molar-refractivity contribution is 5.67. The summed E-state index contributed by atoms with van der Waals surface area (Å²) in [5, 5.41) is 9.14. The molecule has 1 aliphatic heterocycles. The molecule has 0 saturated carbocycles. The second-order valence-electron chi connectivity index (χ2n) is 9.56. The van der Waals surface area contributed by atoms with E-state index in [-0.39, 0.29) is 18.3 Å². The van der Waals surface area contributed by atoms with Crippen LogP contribution in [0.1, 0.15) is 32.4 Å². The molecule has 1 unspecified atom stereocenters. The van der Waals surface area contributed by atoms with Gasteiger partial charge in [-0.05, 0) is 38.5 Å². The van der Waals surface area contributed by atoms with E-state index in [4.69, 9.17) is 9.47 Å². The number of amides is 1. The predicted octanol–water partition coefficient (Wildman–Crippen LogP) is 3.00. The number of alkyl carbamates (subject to hydrolysis) is 1. The Morgan fingerprint density at radius 3 is 2.49 bits per heavy atom. The van der Waals surface area contributed by atoms with Crippen LogP contribution in [-0.4, -0.2) is 69.0 Å². The molecule has 3 heterocycles.